The minimum atomic E-state index is -4.47. The summed E-state index contributed by atoms with van der Waals surface area (Å²) in [7, 11) is 0. The monoisotopic (exact) mass is 289 g/mol. The molecule has 0 fully saturated rings. The molecule has 3 nitrogen and oxygen atoms in total. The molecule has 0 spiro atoms. The zero-order chi connectivity index (χ0) is 15.0. The van der Waals surface area contributed by atoms with Crippen LogP contribution >= 0.6 is 0 Å². The lowest BCUT2D eigenvalue weighted by molar-refractivity contribution is -0.140. The van der Waals surface area contributed by atoms with Crippen molar-refractivity contribution in [3.05, 3.63) is 53.4 Å². The molecule has 0 saturated carbocycles. The Morgan fingerprint density at radius 2 is 2.05 bits per heavy atom. The van der Waals surface area contributed by atoms with Crippen molar-refractivity contribution < 1.29 is 13.2 Å². The summed E-state index contributed by atoms with van der Waals surface area (Å²) in [5.41, 5.74) is 1.01. The van der Waals surface area contributed by atoms with E-state index in [-0.39, 0.29) is 5.82 Å². The highest BCUT2D eigenvalue weighted by atomic mass is 19.4. The summed E-state index contributed by atoms with van der Waals surface area (Å²) >= 11 is 0. The number of fused-ring (bicyclic) bond motifs is 3. The zero-order valence-corrected chi connectivity index (χ0v) is 10.9. The predicted molar refractivity (Wildman–Crippen MR) is 70.2 cm³/mol. The van der Waals surface area contributed by atoms with Gasteiger partial charge in [0.15, 0.2) is 5.69 Å². The largest absolute Gasteiger partial charge is 0.434 e. The van der Waals surface area contributed by atoms with Gasteiger partial charge in [-0.05, 0) is 30.2 Å². The lowest BCUT2D eigenvalue weighted by atomic mass is 10.00. The third-order valence-corrected chi connectivity index (χ3v) is 3.35. The van der Waals surface area contributed by atoms with E-state index in [2.05, 4.69) is 4.98 Å². The summed E-state index contributed by atoms with van der Waals surface area (Å²) in [6.07, 6.45) is 0.806. The van der Waals surface area contributed by atoms with Crippen molar-refractivity contribution in [2.24, 2.45) is 0 Å². The SMILES string of the molecule is N#Cc1ccc2c(c1)C/C=C\Cn1cc(C(F)(F)F)nc1-2. The fourth-order valence-corrected chi connectivity index (χ4v) is 2.36. The third kappa shape index (κ3) is 2.42. The molecule has 0 aliphatic carbocycles. The molecule has 0 atom stereocenters. The van der Waals surface area contributed by atoms with Crippen LogP contribution in [0.4, 0.5) is 13.2 Å². The molecule has 0 N–H and O–H groups in total. The van der Waals surface area contributed by atoms with Gasteiger partial charge in [-0.3, -0.25) is 0 Å². The van der Waals surface area contributed by atoms with E-state index >= 15 is 0 Å². The number of alkyl halides is 3. The topological polar surface area (TPSA) is 41.6 Å². The lowest BCUT2D eigenvalue weighted by Crippen LogP contribution is -2.05. The maximum atomic E-state index is 12.8. The van der Waals surface area contributed by atoms with E-state index < -0.39 is 11.9 Å². The third-order valence-electron chi connectivity index (χ3n) is 3.35. The minimum Gasteiger partial charge on any atom is -0.327 e. The van der Waals surface area contributed by atoms with Gasteiger partial charge in [0.05, 0.1) is 11.6 Å². The Morgan fingerprint density at radius 1 is 1.24 bits per heavy atom. The molecule has 2 aromatic rings. The number of nitrogens with zero attached hydrogens (tertiary/aromatic N) is 3. The van der Waals surface area contributed by atoms with Crippen LogP contribution in [-0.4, -0.2) is 9.55 Å². The molecule has 106 valence electrons. The molecule has 1 aromatic heterocycles. The fraction of sp³-hybridized carbons (Fsp3) is 0.200. The van der Waals surface area contributed by atoms with Crippen molar-refractivity contribution in [3.63, 3.8) is 0 Å². The fourth-order valence-electron chi connectivity index (χ4n) is 2.36. The molecule has 21 heavy (non-hydrogen) atoms. The number of imidazole rings is 1. The Bertz CT molecular complexity index is 763. The summed E-state index contributed by atoms with van der Waals surface area (Å²) in [5, 5.41) is 8.93. The van der Waals surface area contributed by atoms with Crippen molar-refractivity contribution in [2.75, 3.05) is 0 Å². The van der Waals surface area contributed by atoms with Gasteiger partial charge in [0.2, 0.25) is 0 Å². The molecule has 0 bridgehead atoms. The van der Waals surface area contributed by atoms with Crippen molar-refractivity contribution >= 4 is 0 Å². The number of hydrogen-bond donors (Lipinski definition) is 0. The number of halogens is 3. The molecule has 0 amide bonds. The lowest BCUT2D eigenvalue weighted by Gasteiger charge is -2.12. The molecular weight excluding hydrogens is 279 g/mol. The first-order chi connectivity index (χ1) is 9.99. The molecule has 6 heteroatoms. The number of allylic oxidation sites excluding steroid dienone is 2. The van der Waals surface area contributed by atoms with Crippen LogP contribution in [0.1, 0.15) is 16.8 Å². The maximum Gasteiger partial charge on any atom is 0.434 e. The van der Waals surface area contributed by atoms with Gasteiger partial charge < -0.3 is 4.57 Å². The van der Waals surface area contributed by atoms with Gasteiger partial charge in [0.1, 0.15) is 5.82 Å². The molecule has 1 aliphatic rings. The van der Waals surface area contributed by atoms with E-state index in [4.69, 9.17) is 5.26 Å². The molecule has 0 saturated heterocycles. The van der Waals surface area contributed by atoms with E-state index in [1.165, 1.54) is 4.57 Å². The number of aromatic nitrogens is 2. The van der Waals surface area contributed by atoms with E-state index in [1.54, 1.807) is 24.3 Å². The standard InChI is InChI=1S/C15H10F3N3/c16-15(17,18)13-9-21-6-2-1-3-11-7-10(8-19)4-5-12(11)14(21)20-13/h1-2,4-5,7,9H,3,6H2/b2-1-. The average molecular weight is 289 g/mol. The zero-order valence-electron chi connectivity index (χ0n) is 10.9. The smallest absolute Gasteiger partial charge is 0.327 e. The van der Waals surface area contributed by atoms with Crippen LogP contribution in [0.3, 0.4) is 0 Å². The van der Waals surface area contributed by atoms with Crippen LogP contribution in [0.2, 0.25) is 0 Å². The Hall–Kier alpha value is -2.55. The number of hydrogen-bond acceptors (Lipinski definition) is 2. The second kappa shape index (κ2) is 4.77. The van der Waals surface area contributed by atoms with Crippen molar-refractivity contribution in [3.8, 4) is 17.5 Å². The molecule has 1 aromatic carbocycles. The van der Waals surface area contributed by atoms with E-state index in [0.29, 0.717) is 24.1 Å². The Balaban J connectivity index is 2.21. The molecule has 0 radical (unpaired) electrons. The second-order valence-corrected chi connectivity index (χ2v) is 4.76. The summed E-state index contributed by atoms with van der Waals surface area (Å²) in [5.74, 6) is 0.283. The number of benzene rings is 1. The van der Waals surface area contributed by atoms with Crippen LogP contribution in [0.25, 0.3) is 11.4 Å². The minimum absolute atomic E-state index is 0.283. The summed E-state index contributed by atoms with van der Waals surface area (Å²) in [6, 6.07) is 6.98. The van der Waals surface area contributed by atoms with Crippen LogP contribution in [0.15, 0.2) is 36.5 Å². The van der Waals surface area contributed by atoms with Crippen LogP contribution < -0.4 is 0 Å². The molecule has 2 heterocycles. The van der Waals surface area contributed by atoms with E-state index in [9.17, 15) is 13.2 Å². The highest BCUT2D eigenvalue weighted by Crippen LogP contribution is 2.33. The van der Waals surface area contributed by atoms with Gasteiger partial charge in [-0.2, -0.15) is 18.4 Å². The highest BCUT2D eigenvalue weighted by Gasteiger charge is 2.35. The van der Waals surface area contributed by atoms with Gasteiger partial charge in [-0.25, -0.2) is 4.98 Å². The second-order valence-electron chi connectivity index (χ2n) is 4.76. The van der Waals surface area contributed by atoms with E-state index in [0.717, 1.165) is 11.8 Å². The first-order valence-corrected chi connectivity index (χ1v) is 6.32. The average Bonchev–Trinajstić information content (AvgIpc) is 2.84. The normalized spacial score (nSPS) is 15.3. The Labute approximate surface area is 119 Å². The molecule has 0 unspecified atom stereocenters. The van der Waals surface area contributed by atoms with Gasteiger partial charge in [0.25, 0.3) is 0 Å². The predicted octanol–water partition coefficient (Wildman–Crippen LogP) is 3.55. The van der Waals surface area contributed by atoms with Crippen molar-refractivity contribution in [1.82, 2.24) is 9.55 Å². The van der Waals surface area contributed by atoms with Gasteiger partial charge in [-0.15, -0.1) is 0 Å². The van der Waals surface area contributed by atoms with Gasteiger partial charge >= 0.3 is 6.18 Å². The number of nitriles is 1. The Kier molecular flexibility index (Phi) is 3.05. The Morgan fingerprint density at radius 3 is 2.76 bits per heavy atom. The number of rotatable bonds is 0. The van der Waals surface area contributed by atoms with Gasteiger partial charge in [-0.1, -0.05) is 12.2 Å². The van der Waals surface area contributed by atoms with Gasteiger partial charge in [0, 0.05) is 18.3 Å². The quantitative estimate of drug-likeness (QED) is 0.696. The van der Waals surface area contributed by atoms with Crippen molar-refractivity contribution in [2.45, 2.75) is 19.1 Å². The molecule has 3 rings (SSSR count). The summed E-state index contributed by atoms with van der Waals surface area (Å²) < 4.78 is 40.0. The first kappa shape index (κ1) is 13.4. The first-order valence-electron chi connectivity index (χ1n) is 6.32. The molecular formula is C15H10F3N3. The highest BCUT2D eigenvalue weighted by molar-refractivity contribution is 5.64. The maximum absolute atomic E-state index is 12.8. The molecule has 1 aliphatic heterocycles. The van der Waals surface area contributed by atoms with E-state index in [1.807, 2.05) is 12.1 Å². The van der Waals surface area contributed by atoms with Crippen LogP contribution in [0, 0.1) is 11.3 Å². The summed E-state index contributed by atoms with van der Waals surface area (Å²) in [6.45, 7) is 0.345. The summed E-state index contributed by atoms with van der Waals surface area (Å²) in [4.78, 5) is 3.74. The van der Waals surface area contributed by atoms with Crippen molar-refractivity contribution in [1.29, 1.82) is 5.26 Å². The van der Waals surface area contributed by atoms with Crippen LogP contribution in [0.5, 0.6) is 0 Å². The van der Waals surface area contributed by atoms with Crippen LogP contribution in [-0.2, 0) is 19.1 Å².